The summed E-state index contributed by atoms with van der Waals surface area (Å²) < 4.78 is 13.5. The number of hydrogen-bond donors (Lipinski definition) is 2. The number of benzene rings is 1. The lowest BCUT2D eigenvalue weighted by atomic mass is 10.1. The van der Waals surface area contributed by atoms with Crippen LogP contribution in [0.5, 0.6) is 0 Å². The highest BCUT2D eigenvalue weighted by Crippen LogP contribution is 2.26. The maximum atomic E-state index is 13.5. The number of amides is 2. The Morgan fingerprint density at radius 1 is 1.45 bits per heavy atom. The molecule has 7 heteroatoms. The van der Waals surface area contributed by atoms with E-state index in [1.54, 1.807) is 19.1 Å². The second-order valence-corrected chi connectivity index (χ2v) is 6.07. The fourth-order valence-electron chi connectivity index (χ4n) is 2.19. The summed E-state index contributed by atoms with van der Waals surface area (Å²) in [6.07, 6.45) is 1.51. The minimum absolute atomic E-state index is 0.160. The predicted molar refractivity (Wildman–Crippen MR) is 81.9 cm³/mol. The molecule has 1 aliphatic heterocycles. The summed E-state index contributed by atoms with van der Waals surface area (Å²) in [5.74, 6) is -1.03. The monoisotopic (exact) mass is 319 g/mol. The first-order valence-corrected chi connectivity index (χ1v) is 7.71. The molecule has 5 nitrogen and oxygen atoms in total. The molecule has 114 valence electrons. The summed E-state index contributed by atoms with van der Waals surface area (Å²) in [5.41, 5.74) is 1.40. The molecule has 22 heavy (non-hydrogen) atoms. The van der Waals surface area contributed by atoms with E-state index in [1.165, 1.54) is 6.07 Å². The van der Waals surface area contributed by atoms with Crippen LogP contribution in [0, 0.1) is 12.7 Å². The number of nitrogens with zero attached hydrogens (tertiary/aromatic N) is 1. The summed E-state index contributed by atoms with van der Waals surface area (Å²) in [4.78, 5) is 28.8. The van der Waals surface area contributed by atoms with Crippen molar-refractivity contribution in [2.75, 3.05) is 11.9 Å². The number of anilines is 1. The molecule has 1 aromatic heterocycles. The van der Waals surface area contributed by atoms with Gasteiger partial charge in [0.1, 0.15) is 10.7 Å². The van der Waals surface area contributed by atoms with Crippen molar-refractivity contribution in [2.24, 2.45) is 0 Å². The number of halogens is 1. The van der Waals surface area contributed by atoms with Gasteiger partial charge in [-0.3, -0.25) is 14.9 Å². The van der Waals surface area contributed by atoms with Crippen LogP contribution in [-0.2, 0) is 6.42 Å². The summed E-state index contributed by atoms with van der Waals surface area (Å²) in [5, 5.41) is 5.76. The van der Waals surface area contributed by atoms with Crippen molar-refractivity contribution in [1.29, 1.82) is 0 Å². The maximum absolute atomic E-state index is 13.5. The second kappa shape index (κ2) is 5.84. The minimum Gasteiger partial charge on any atom is -0.351 e. The van der Waals surface area contributed by atoms with Crippen LogP contribution in [0.3, 0.4) is 0 Å². The molecule has 2 aromatic rings. The number of fused-ring (bicyclic) bond motifs is 1. The normalized spacial score (nSPS) is 14.0. The lowest BCUT2D eigenvalue weighted by molar-refractivity contribution is 0.0958. The highest BCUT2D eigenvalue weighted by atomic mass is 32.1. The van der Waals surface area contributed by atoms with E-state index >= 15 is 0 Å². The number of nitrogens with one attached hydrogen (secondary N) is 2. The van der Waals surface area contributed by atoms with E-state index < -0.39 is 11.7 Å². The van der Waals surface area contributed by atoms with Gasteiger partial charge in [-0.25, -0.2) is 9.37 Å². The SMILES string of the molecule is Cc1ccc(C(=O)Nc2nc3c(s2)C(=O)NCCC3)cc1F. The highest BCUT2D eigenvalue weighted by molar-refractivity contribution is 7.17. The number of aromatic nitrogens is 1. The molecule has 0 saturated carbocycles. The van der Waals surface area contributed by atoms with Crippen molar-refractivity contribution in [3.05, 3.63) is 45.7 Å². The first-order valence-electron chi connectivity index (χ1n) is 6.90. The third-order valence-electron chi connectivity index (χ3n) is 3.43. The van der Waals surface area contributed by atoms with Crippen LogP contribution in [0.4, 0.5) is 9.52 Å². The molecule has 2 heterocycles. The van der Waals surface area contributed by atoms with E-state index in [4.69, 9.17) is 0 Å². The Hall–Kier alpha value is -2.28. The third-order valence-corrected chi connectivity index (χ3v) is 4.45. The molecule has 0 aliphatic carbocycles. The van der Waals surface area contributed by atoms with Crippen LogP contribution in [-0.4, -0.2) is 23.3 Å². The largest absolute Gasteiger partial charge is 0.351 e. The molecule has 0 spiro atoms. The molecule has 1 aromatic carbocycles. The van der Waals surface area contributed by atoms with E-state index in [1.807, 2.05) is 0 Å². The number of thiazole rings is 1. The number of hydrogen-bond acceptors (Lipinski definition) is 4. The Bertz CT molecular complexity index is 757. The lowest BCUT2D eigenvalue weighted by Gasteiger charge is -2.03. The van der Waals surface area contributed by atoms with E-state index in [2.05, 4.69) is 15.6 Å². The Morgan fingerprint density at radius 3 is 3.05 bits per heavy atom. The molecule has 2 N–H and O–H groups in total. The van der Waals surface area contributed by atoms with Crippen LogP contribution in [0.15, 0.2) is 18.2 Å². The van der Waals surface area contributed by atoms with E-state index in [0.717, 1.165) is 17.8 Å². The number of aryl methyl sites for hydroxylation is 2. The molecule has 3 rings (SSSR count). The molecule has 1 aliphatic rings. The Morgan fingerprint density at radius 2 is 2.27 bits per heavy atom. The van der Waals surface area contributed by atoms with Gasteiger partial charge in [-0.05, 0) is 37.5 Å². The summed E-state index contributed by atoms with van der Waals surface area (Å²) in [6.45, 7) is 2.26. The highest BCUT2D eigenvalue weighted by Gasteiger charge is 2.21. The zero-order chi connectivity index (χ0) is 15.7. The van der Waals surface area contributed by atoms with Gasteiger partial charge in [0.05, 0.1) is 5.69 Å². The zero-order valence-corrected chi connectivity index (χ0v) is 12.7. The van der Waals surface area contributed by atoms with E-state index in [-0.39, 0.29) is 11.5 Å². The Balaban J connectivity index is 1.81. The second-order valence-electron chi connectivity index (χ2n) is 5.07. The van der Waals surface area contributed by atoms with Gasteiger partial charge < -0.3 is 5.32 Å². The fourth-order valence-corrected chi connectivity index (χ4v) is 3.12. The summed E-state index contributed by atoms with van der Waals surface area (Å²) in [6, 6.07) is 4.30. The van der Waals surface area contributed by atoms with Crippen molar-refractivity contribution in [2.45, 2.75) is 19.8 Å². The molecule has 0 saturated heterocycles. The smallest absolute Gasteiger partial charge is 0.263 e. The Labute approximate surface area is 130 Å². The van der Waals surface area contributed by atoms with Crippen LogP contribution in [0.2, 0.25) is 0 Å². The molecule has 0 unspecified atom stereocenters. The van der Waals surface area contributed by atoms with Gasteiger partial charge in [-0.15, -0.1) is 0 Å². The van der Waals surface area contributed by atoms with Crippen molar-refractivity contribution in [3.8, 4) is 0 Å². The fraction of sp³-hybridized carbons (Fsp3) is 0.267. The van der Waals surface area contributed by atoms with Crippen LogP contribution < -0.4 is 10.6 Å². The minimum atomic E-state index is -0.441. The van der Waals surface area contributed by atoms with Crippen molar-refractivity contribution in [1.82, 2.24) is 10.3 Å². The topological polar surface area (TPSA) is 71.1 Å². The van der Waals surface area contributed by atoms with E-state index in [9.17, 15) is 14.0 Å². The first kappa shape index (κ1) is 14.6. The van der Waals surface area contributed by atoms with Gasteiger partial charge in [0, 0.05) is 12.1 Å². The lowest BCUT2D eigenvalue weighted by Crippen LogP contribution is -2.21. The first-order chi connectivity index (χ1) is 10.5. The average Bonchev–Trinajstić information content (AvgIpc) is 2.81. The Kier molecular flexibility index (Phi) is 3.89. The van der Waals surface area contributed by atoms with Gasteiger partial charge in [0.25, 0.3) is 11.8 Å². The predicted octanol–water partition coefficient (Wildman–Crippen LogP) is 2.52. The number of carbonyl (C=O) groups excluding carboxylic acids is 2. The van der Waals surface area contributed by atoms with Crippen LogP contribution in [0.1, 0.15) is 37.7 Å². The molecule has 0 atom stereocenters. The number of carbonyl (C=O) groups is 2. The van der Waals surface area contributed by atoms with Crippen LogP contribution in [0.25, 0.3) is 0 Å². The molecular formula is C15H14FN3O2S. The van der Waals surface area contributed by atoms with Gasteiger partial charge in [-0.1, -0.05) is 17.4 Å². The molecular weight excluding hydrogens is 305 g/mol. The molecule has 0 bridgehead atoms. The average molecular weight is 319 g/mol. The third kappa shape index (κ3) is 2.85. The summed E-state index contributed by atoms with van der Waals surface area (Å²) in [7, 11) is 0. The summed E-state index contributed by atoms with van der Waals surface area (Å²) >= 11 is 1.14. The molecule has 0 fully saturated rings. The van der Waals surface area contributed by atoms with Gasteiger partial charge in [-0.2, -0.15) is 0 Å². The van der Waals surface area contributed by atoms with Crippen LogP contribution >= 0.6 is 11.3 Å². The quantitative estimate of drug-likeness (QED) is 0.893. The van der Waals surface area contributed by atoms with Crippen molar-refractivity contribution < 1.29 is 14.0 Å². The molecule has 0 radical (unpaired) electrons. The number of rotatable bonds is 2. The van der Waals surface area contributed by atoms with Gasteiger partial charge in [0.15, 0.2) is 5.13 Å². The van der Waals surface area contributed by atoms with E-state index in [0.29, 0.717) is 34.2 Å². The standard InChI is InChI=1S/C15H14FN3O2S/c1-8-4-5-9(7-10(8)16)13(20)19-15-18-11-3-2-6-17-14(21)12(11)22-15/h4-5,7H,2-3,6H2,1H3,(H,17,21)(H,18,19,20). The molecule has 2 amide bonds. The van der Waals surface area contributed by atoms with Gasteiger partial charge in [0.2, 0.25) is 0 Å². The van der Waals surface area contributed by atoms with Gasteiger partial charge >= 0.3 is 0 Å². The zero-order valence-electron chi connectivity index (χ0n) is 11.9. The van der Waals surface area contributed by atoms with Crippen molar-refractivity contribution in [3.63, 3.8) is 0 Å². The van der Waals surface area contributed by atoms with Crippen molar-refractivity contribution >= 4 is 28.3 Å². The maximum Gasteiger partial charge on any atom is 0.263 e.